The summed E-state index contributed by atoms with van der Waals surface area (Å²) in [5, 5.41) is 14.9. The number of piperazine rings is 1. The fraction of sp³-hybridized carbons (Fsp3) is 0.476. The molecule has 1 unspecified atom stereocenters. The van der Waals surface area contributed by atoms with E-state index in [0.29, 0.717) is 12.3 Å². The summed E-state index contributed by atoms with van der Waals surface area (Å²) in [7, 11) is 1.93. The molecular formula is C21H29N7O. The fourth-order valence-electron chi connectivity index (χ4n) is 4.05. The summed E-state index contributed by atoms with van der Waals surface area (Å²) < 4.78 is 1.82. The zero-order chi connectivity index (χ0) is 20.4. The van der Waals surface area contributed by atoms with Crippen LogP contribution in [0.4, 0.5) is 0 Å². The Morgan fingerprint density at radius 3 is 2.59 bits per heavy atom. The van der Waals surface area contributed by atoms with Crippen molar-refractivity contribution >= 4 is 11.5 Å². The quantitative estimate of drug-likeness (QED) is 0.805. The number of allylic oxidation sites excluding steroid dienone is 2. The van der Waals surface area contributed by atoms with Crippen molar-refractivity contribution < 1.29 is 4.79 Å². The number of rotatable bonds is 5. The molecule has 154 valence electrons. The van der Waals surface area contributed by atoms with Gasteiger partial charge >= 0.3 is 0 Å². The molecule has 1 atom stereocenters. The van der Waals surface area contributed by atoms with Crippen molar-refractivity contribution in [3.8, 4) is 0 Å². The molecule has 2 aliphatic rings. The molecule has 0 bridgehead atoms. The van der Waals surface area contributed by atoms with Gasteiger partial charge in [-0.05, 0) is 12.0 Å². The molecule has 1 saturated heterocycles. The average Bonchev–Trinajstić information content (AvgIpc) is 3.40. The van der Waals surface area contributed by atoms with Crippen molar-refractivity contribution in [1.29, 1.82) is 0 Å². The lowest BCUT2D eigenvalue weighted by atomic mass is 9.94. The van der Waals surface area contributed by atoms with E-state index in [4.69, 9.17) is 0 Å². The summed E-state index contributed by atoms with van der Waals surface area (Å²) in [4.78, 5) is 16.8. The molecule has 2 aliphatic heterocycles. The lowest BCUT2D eigenvalue weighted by Crippen LogP contribution is -2.60. The fourth-order valence-corrected chi connectivity index (χ4v) is 4.05. The lowest BCUT2D eigenvalue weighted by molar-refractivity contribution is -0.134. The highest BCUT2D eigenvalue weighted by molar-refractivity contribution is 5.76. The minimum Gasteiger partial charge on any atom is -0.365 e. The van der Waals surface area contributed by atoms with E-state index in [9.17, 15) is 4.79 Å². The maximum absolute atomic E-state index is 12.5. The number of hydrogen-bond acceptors (Lipinski definition) is 5. The van der Waals surface area contributed by atoms with Crippen LogP contribution in [0.15, 0.2) is 43.1 Å². The van der Waals surface area contributed by atoms with E-state index in [1.807, 2.05) is 47.6 Å². The molecule has 4 heterocycles. The first-order chi connectivity index (χ1) is 14.0. The van der Waals surface area contributed by atoms with Gasteiger partial charge in [-0.25, -0.2) is 0 Å². The number of aromatic amines is 1. The van der Waals surface area contributed by atoms with Gasteiger partial charge in [0, 0.05) is 74.9 Å². The summed E-state index contributed by atoms with van der Waals surface area (Å²) in [6.45, 7) is 7.25. The van der Waals surface area contributed by atoms with E-state index in [2.05, 4.69) is 51.5 Å². The van der Waals surface area contributed by atoms with Gasteiger partial charge in [0.15, 0.2) is 0 Å². The largest absolute Gasteiger partial charge is 0.365 e. The highest BCUT2D eigenvalue weighted by Gasteiger charge is 2.40. The Hall–Kier alpha value is -2.87. The van der Waals surface area contributed by atoms with Crippen LogP contribution in [0.3, 0.4) is 0 Å². The second kappa shape index (κ2) is 7.87. The molecule has 0 aromatic carbocycles. The highest BCUT2D eigenvalue weighted by atomic mass is 16.2. The van der Waals surface area contributed by atoms with Crippen LogP contribution in [0.25, 0.3) is 5.57 Å². The van der Waals surface area contributed by atoms with Gasteiger partial charge in [-0.15, -0.1) is 0 Å². The molecule has 2 aromatic rings. The van der Waals surface area contributed by atoms with Crippen molar-refractivity contribution in [3.63, 3.8) is 0 Å². The van der Waals surface area contributed by atoms with Crippen LogP contribution in [-0.2, 0) is 17.5 Å². The Bertz CT molecular complexity index is 903. The standard InChI is InChI=1S/C21H29N7O/c1-16(2)10-20(29)27-6-8-28(9-7-27)21(19-14-25-26(3)15-19)5-4-17(11-22-21)18-12-23-24-13-18/h4-5,11-16,22H,6-10H2,1-3H3,(H,23,24). The maximum Gasteiger partial charge on any atom is 0.222 e. The number of H-pyrrole nitrogens is 1. The van der Waals surface area contributed by atoms with Crippen molar-refractivity contribution in [1.82, 2.24) is 35.1 Å². The van der Waals surface area contributed by atoms with E-state index in [1.54, 1.807) is 0 Å². The van der Waals surface area contributed by atoms with Crippen LogP contribution < -0.4 is 5.32 Å². The average molecular weight is 396 g/mol. The summed E-state index contributed by atoms with van der Waals surface area (Å²) in [5.74, 6) is 0.640. The Morgan fingerprint density at radius 1 is 1.24 bits per heavy atom. The van der Waals surface area contributed by atoms with Gasteiger partial charge in [0.25, 0.3) is 0 Å². The molecule has 0 spiro atoms. The summed E-state index contributed by atoms with van der Waals surface area (Å²) >= 11 is 0. The Morgan fingerprint density at radius 2 is 2.03 bits per heavy atom. The van der Waals surface area contributed by atoms with Crippen molar-refractivity contribution in [2.45, 2.75) is 25.9 Å². The van der Waals surface area contributed by atoms with Gasteiger partial charge in [0.05, 0.1) is 12.4 Å². The molecular weight excluding hydrogens is 366 g/mol. The van der Waals surface area contributed by atoms with E-state index >= 15 is 0 Å². The summed E-state index contributed by atoms with van der Waals surface area (Å²) in [6.07, 6.45) is 14.6. The molecule has 8 nitrogen and oxygen atoms in total. The van der Waals surface area contributed by atoms with Gasteiger partial charge < -0.3 is 10.2 Å². The number of aryl methyl sites for hydroxylation is 1. The van der Waals surface area contributed by atoms with Gasteiger partial charge in [0.1, 0.15) is 5.66 Å². The third-order valence-corrected chi connectivity index (χ3v) is 5.64. The summed E-state index contributed by atoms with van der Waals surface area (Å²) in [5.41, 5.74) is 2.72. The number of carbonyl (C=O) groups is 1. The Labute approximate surface area is 171 Å². The second-order valence-corrected chi connectivity index (χ2v) is 8.20. The minimum atomic E-state index is -0.477. The molecule has 2 aromatic heterocycles. The number of amides is 1. The molecule has 0 saturated carbocycles. The van der Waals surface area contributed by atoms with Crippen LogP contribution >= 0.6 is 0 Å². The highest BCUT2D eigenvalue weighted by Crippen LogP contribution is 2.33. The van der Waals surface area contributed by atoms with Crippen LogP contribution in [-0.4, -0.2) is 61.9 Å². The van der Waals surface area contributed by atoms with E-state index < -0.39 is 5.66 Å². The predicted octanol–water partition coefficient (Wildman–Crippen LogP) is 1.69. The maximum atomic E-state index is 12.5. The van der Waals surface area contributed by atoms with E-state index in [1.165, 1.54) is 0 Å². The molecule has 1 amide bonds. The van der Waals surface area contributed by atoms with Crippen LogP contribution in [0.2, 0.25) is 0 Å². The van der Waals surface area contributed by atoms with E-state index in [0.717, 1.165) is 42.9 Å². The third kappa shape index (κ3) is 3.85. The molecule has 1 fully saturated rings. The van der Waals surface area contributed by atoms with Crippen molar-refractivity contribution in [2.24, 2.45) is 13.0 Å². The summed E-state index contributed by atoms with van der Waals surface area (Å²) in [6, 6.07) is 0. The number of nitrogens with one attached hydrogen (secondary N) is 2. The zero-order valence-electron chi connectivity index (χ0n) is 17.3. The SMILES string of the molecule is CC(C)CC(=O)N1CCN(C2(c3cnn(C)c3)C=CC(c3cn[nH]c3)=CN2)CC1. The van der Waals surface area contributed by atoms with Crippen LogP contribution in [0.5, 0.6) is 0 Å². The molecule has 4 rings (SSSR count). The monoisotopic (exact) mass is 395 g/mol. The van der Waals surface area contributed by atoms with Crippen molar-refractivity contribution in [3.05, 3.63) is 54.3 Å². The molecule has 29 heavy (non-hydrogen) atoms. The van der Waals surface area contributed by atoms with Gasteiger partial charge in [-0.2, -0.15) is 10.2 Å². The first-order valence-corrected chi connectivity index (χ1v) is 10.2. The van der Waals surface area contributed by atoms with Crippen LogP contribution in [0.1, 0.15) is 31.4 Å². The van der Waals surface area contributed by atoms with E-state index in [-0.39, 0.29) is 5.91 Å². The minimum absolute atomic E-state index is 0.254. The lowest BCUT2D eigenvalue weighted by Gasteiger charge is -2.47. The Balaban J connectivity index is 1.54. The first kappa shape index (κ1) is 19.4. The number of nitrogens with zero attached hydrogens (tertiary/aromatic N) is 5. The smallest absolute Gasteiger partial charge is 0.222 e. The Kier molecular flexibility index (Phi) is 5.27. The zero-order valence-corrected chi connectivity index (χ0v) is 17.3. The number of carbonyl (C=O) groups excluding carboxylic acids is 1. The van der Waals surface area contributed by atoms with Gasteiger partial charge in [-0.3, -0.25) is 19.5 Å². The molecule has 2 N–H and O–H groups in total. The van der Waals surface area contributed by atoms with Gasteiger partial charge in [0.2, 0.25) is 5.91 Å². The van der Waals surface area contributed by atoms with Gasteiger partial charge in [-0.1, -0.05) is 19.9 Å². The van der Waals surface area contributed by atoms with Crippen LogP contribution in [0, 0.1) is 5.92 Å². The number of dihydropyridines is 1. The topological polar surface area (TPSA) is 82.1 Å². The van der Waals surface area contributed by atoms with Crippen molar-refractivity contribution in [2.75, 3.05) is 26.2 Å². The molecule has 0 aliphatic carbocycles. The second-order valence-electron chi connectivity index (χ2n) is 8.20. The predicted molar refractivity (Wildman–Crippen MR) is 111 cm³/mol. The number of aromatic nitrogens is 4. The molecule has 0 radical (unpaired) electrons. The third-order valence-electron chi connectivity index (χ3n) is 5.64. The molecule has 8 heteroatoms. The number of hydrogen-bond donors (Lipinski definition) is 2. The first-order valence-electron chi connectivity index (χ1n) is 10.2. The normalized spacial score (nSPS) is 22.6.